The summed E-state index contributed by atoms with van der Waals surface area (Å²) in [6, 6.07) is 10.0. The summed E-state index contributed by atoms with van der Waals surface area (Å²) in [6.45, 7) is 2.80. The van der Waals surface area contributed by atoms with Crippen molar-refractivity contribution in [1.29, 1.82) is 0 Å². The molecule has 1 saturated carbocycles. The zero-order valence-electron chi connectivity index (χ0n) is 15.2. The molecule has 0 spiro atoms. The third-order valence-electron chi connectivity index (χ3n) is 5.47. The summed E-state index contributed by atoms with van der Waals surface area (Å²) in [7, 11) is 0. The number of aromatic nitrogens is 2. The second-order valence-electron chi connectivity index (χ2n) is 7.37. The van der Waals surface area contributed by atoms with Crippen LogP contribution in [0.4, 0.5) is 0 Å². The van der Waals surface area contributed by atoms with Gasteiger partial charge in [-0.3, -0.25) is 4.79 Å². The summed E-state index contributed by atoms with van der Waals surface area (Å²) < 4.78 is 5.53. The van der Waals surface area contributed by atoms with Crippen molar-refractivity contribution in [2.75, 3.05) is 6.54 Å². The number of thiophene rings is 1. The second-order valence-corrected chi connectivity index (χ2v) is 8.45. The van der Waals surface area contributed by atoms with E-state index in [0.717, 1.165) is 59.6 Å². The molecule has 138 valence electrons. The summed E-state index contributed by atoms with van der Waals surface area (Å²) >= 11 is 1.63. The summed E-state index contributed by atoms with van der Waals surface area (Å²) in [5.41, 5.74) is 2.90. The van der Waals surface area contributed by atoms with Crippen LogP contribution in [0.5, 0.6) is 0 Å². The number of hydrogen-bond acceptors (Lipinski definition) is 5. The zero-order valence-corrected chi connectivity index (χ0v) is 16.0. The highest BCUT2D eigenvalue weighted by atomic mass is 32.1. The highest BCUT2D eigenvalue weighted by Crippen LogP contribution is 2.41. The van der Waals surface area contributed by atoms with Crippen LogP contribution in [0.2, 0.25) is 0 Å². The summed E-state index contributed by atoms with van der Waals surface area (Å²) in [6.07, 6.45) is 4.12. The first-order chi connectivity index (χ1) is 13.2. The Morgan fingerprint density at radius 2 is 2.04 bits per heavy atom. The minimum Gasteiger partial charge on any atom is -0.337 e. The second kappa shape index (κ2) is 6.60. The first-order valence-electron chi connectivity index (χ1n) is 9.50. The van der Waals surface area contributed by atoms with Crippen molar-refractivity contribution in [2.24, 2.45) is 0 Å². The normalized spacial score (nSPS) is 19.6. The van der Waals surface area contributed by atoms with Crippen LogP contribution in [-0.2, 0) is 0 Å². The molecule has 5 rings (SSSR count). The van der Waals surface area contributed by atoms with Gasteiger partial charge in [0.05, 0.1) is 5.56 Å². The Morgan fingerprint density at radius 1 is 1.22 bits per heavy atom. The number of amides is 1. The number of hydrogen-bond donors (Lipinski definition) is 0. The van der Waals surface area contributed by atoms with Crippen molar-refractivity contribution in [2.45, 2.75) is 44.6 Å². The first kappa shape index (κ1) is 16.7. The largest absolute Gasteiger partial charge is 0.337 e. The molecule has 27 heavy (non-hydrogen) atoms. The quantitative estimate of drug-likeness (QED) is 0.643. The van der Waals surface area contributed by atoms with Gasteiger partial charge in [0.1, 0.15) is 6.04 Å². The maximum Gasteiger partial charge on any atom is 0.256 e. The average molecular weight is 379 g/mol. The lowest BCUT2D eigenvalue weighted by Gasteiger charge is -2.22. The number of carbonyl (C=O) groups is 1. The minimum atomic E-state index is -0.110. The molecule has 1 saturated heterocycles. The Balaban J connectivity index is 1.46. The van der Waals surface area contributed by atoms with Crippen LogP contribution in [0.1, 0.15) is 64.6 Å². The van der Waals surface area contributed by atoms with Crippen LogP contribution in [0.15, 0.2) is 40.2 Å². The summed E-state index contributed by atoms with van der Waals surface area (Å²) in [5.74, 6) is 1.92. The lowest BCUT2D eigenvalue weighted by atomic mass is 10.0. The van der Waals surface area contributed by atoms with Gasteiger partial charge < -0.3 is 9.42 Å². The van der Waals surface area contributed by atoms with E-state index in [0.29, 0.717) is 11.8 Å². The van der Waals surface area contributed by atoms with Gasteiger partial charge in [-0.25, -0.2) is 0 Å². The summed E-state index contributed by atoms with van der Waals surface area (Å²) in [4.78, 5) is 21.1. The van der Waals surface area contributed by atoms with Crippen molar-refractivity contribution in [3.63, 3.8) is 0 Å². The van der Waals surface area contributed by atoms with Crippen LogP contribution < -0.4 is 0 Å². The standard InChI is InChI=1S/C21H21N3O2S/c1-13-18(14-6-3-2-4-7-14)16(12-27-13)21(25)24-11-5-8-17(24)20-22-19(23-26-20)15-9-10-15/h2-4,6-7,12,15,17H,5,8-11H2,1H3/t17-/m0/s1. The number of carbonyl (C=O) groups excluding carboxylic acids is 1. The average Bonchev–Trinajstić information content (AvgIpc) is 3.10. The third-order valence-corrected chi connectivity index (χ3v) is 6.38. The van der Waals surface area contributed by atoms with Gasteiger partial charge in [-0.05, 0) is 38.2 Å². The van der Waals surface area contributed by atoms with Crippen LogP contribution in [0.3, 0.4) is 0 Å². The van der Waals surface area contributed by atoms with Crippen molar-refractivity contribution >= 4 is 17.2 Å². The molecule has 1 atom stereocenters. The smallest absolute Gasteiger partial charge is 0.256 e. The maximum atomic E-state index is 13.4. The molecule has 0 N–H and O–H groups in total. The predicted octanol–water partition coefficient (Wildman–Crippen LogP) is 4.96. The molecule has 3 aromatic rings. The van der Waals surface area contributed by atoms with E-state index >= 15 is 0 Å². The van der Waals surface area contributed by atoms with Gasteiger partial charge >= 0.3 is 0 Å². The third kappa shape index (κ3) is 2.98. The van der Waals surface area contributed by atoms with Gasteiger partial charge in [0.15, 0.2) is 5.82 Å². The summed E-state index contributed by atoms with van der Waals surface area (Å²) in [5, 5.41) is 6.12. The van der Waals surface area contributed by atoms with Gasteiger partial charge in [0, 0.05) is 28.3 Å². The Morgan fingerprint density at radius 3 is 2.81 bits per heavy atom. The predicted molar refractivity (Wildman–Crippen MR) is 104 cm³/mol. The molecule has 0 radical (unpaired) electrons. The fraction of sp³-hybridized carbons (Fsp3) is 0.381. The number of rotatable bonds is 4. The topological polar surface area (TPSA) is 59.2 Å². The number of aryl methyl sites for hydroxylation is 1. The molecule has 3 heterocycles. The monoisotopic (exact) mass is 379 g/mol. The molecule has 2 fully saturated rings. The number of likely N-dealkylation sites (tertiary alicyclic amines) is 1. The Hall–Kier alpha value is -2.47. The molecule has 6 heteroatoms. The molecular formula is C21H21N3O2S. The van der Waals surface area contributed by atoms with E-state index in [4.69, 9.17) is 4.52 Å². The molecule has 1 aliphatic heterocycles. The SMILES string of the molecule is Cc1scc(C(=O)N2CCC[C@H]2c2nc(C3CC3)no2)c1-c1ccccc1. The number of nitrogens with zero attached hydrogens (tertiary/aromatic N) is 3. The molecule has 1 aromatic carbocycles. The van der Waals surface area contributed by atoms with E-state index in [9.17, 15) is 4.79 Å². The highest BCUT2D eigenvalue weighted by molar-refractivity contribution is 7.10. The van der Waals surface area contributed by atoms with E-state index in [2.05, 4.69) is 29.2 Å². The van der Waals surface area contributed by atoms with Crippen LogP contribution in [0, 0.1) is 6.92 Å². The van der Waals surface area contributed by atoms with Gasteiger partial charge in [-0.15, -0.1) is 11.3 Å². The van der Waals surface area contributed by atoms with Gasteiger partial charge in [-0.1, -0.05) is 35.5 Å². The number of benzene rings is 1. The fourth-order valence-electron chi connectivity index (χ4n) is 3.89. The molecule has 1 amide bonds. The lowest BCUT2D eigenvalue weighted by molar-refractivity contribution is 0.0711. The molecule has 0 unspecified atom stereocenters. The zero-order chi connectivity index (χ0) is 18.4. The first-order valence-corrected chi connectivity index (χ1v) is 10.4. The van der Waals surface area contributed by atoms with Crippen LogP contribution in [0.25, 0.3) is 11.1 Å². The molecule has 0 bridgehead atoms. The molecule has 2 aliphatic rings. The molecule has 1 aliphatic carbocycles. The Labute approximate surface area is 162 Å². The van der Waals surface area contributed by atoms with Gasteiger partial charge in [-0.2, -0.15) is 4.98 Å². The highest BCUT2D eigenvalue weighted by Gasteiger charge is 2.37. The van der Waals surface area contributed by atoms with Crippen LogP contribution in [-0.4, -0.2) is 27.5 Å². The van der Waals surface area contributed by atoms with E-state index in [1.165, 1.54) is 0 Å². The van der Waals surface area contributed by atoms with Gasteiger partial charge in [0.25, 0.3) is 5.91 Å². The van der Waals surface area contributed by atoms with E-state index in [-0.39, 0.29) is 11.9 Å². The van der Waals surface area contributed by atoms with Crippen molar-refractivity contribution in [3.8, 4) is 11.1 Å². The minimum absolute atomic E-state index is 0.0619. The van der Waals surface area contributed by atoms with Crippen LogP contribution >= 0.6 is 11.3 Å². The van der Waals surface area contributed by atoms with E-state index < -0.39 is 0 Å². The van der Waals surface area contributed by atoms with E-state index in [1.54, 1.807) is 11.3 Å². The molecule has 5 nitrogen and oxygen atoms in total. The molecule has 2 aromatic heterocycles. The lowest BCUT2D eigenvalue weighted by Crippen LogP contribution is -2.30. The van der Waals surface area contributed by atoms with Crippen molar-refractivity contribution in [3.05, 3.63) is 57.9 Å². The van der Waals surface area contributed by atoms with Gasteiger partial charge in [0.2, 0.25) is 5.89 Å². The molecular weight excluding hydrogens is 358 g/mol. The van der Waals surface area contributed by atoms with E-state index in [1.807, 2.05) is 28.5 Å². The Bertz CT molecular complexity index is 974. The van der Waals surface area contributed by atoms with Crippen molar-refractivity contribution in [1.82, 2.24) is 15.0 Å². The maximum absolute atomic E-state index is 13.4. The van der Waals surface area contributed by atoms with Crippen molar-refractivity contribution < 1.29 is 9.32 Å². The Kier molecular flexibility index (Phi) is 4.08. The fourth-order valence-corrected chi connectivity index (χ4v) is 4.75.